The van der Waals surface area contributed by atoms with Gasteiger partial charge in [0, 0.05) is 5.71 Å². The first-order valence-corrected chi connectivity index (χ1v) is 7.93. The van der Waals surface area contributed by atoms with E-state index >= 15 is 0 Å². The summed E-state index contributed by atoms with van der Waals surface area (Å²) in [7, 11) is 0. The van der Waals surface area contributed by atoms with Crippen molar-refractivity contribution < 1.29 is 13.9 Å². The van der Waals surface area contributed by atoms with E-state index in [1.54, 1.807) is 12.1 Å². The summed E-state index contributed by atoms with van der Waals surface area (Å²) < 4.78 is 11.1. The van der Waals surface area contributed by atoms with Gasteiger partial charge in [0.1, 0.15) is 18.1 Å². The molecule has 0 atom stereocenters. The largest absolute Gasteiger partial charge is 0.486 e. The lowest BCUT2D eigenvalue weighted by atomic mass is 9.99. The molecule has 3 rings (SSSR count). The first kappa shape index (κ1) is 15.3. The number of nitrogens with one attached hydrogen (secondary N) is 1. The van der Waals surface area contributed by atoms with Gasteiger partial charge in [0.25, 0.3) is 0 Å². The normalized spacial score (nSPS) is 14.3. The highest BCUT2D eigenvalue weighted by Crippen LogP contribution is 2.15. The Morgan fingerprint density at radius 2 is 1.87 bits per heavy atom. The van der Waals surface area contributed by atoms with E-state index in [2.05, 4.69) is 10.5 Å². The number of rotatable bonds is 5. The van der Waals surface area contributed by atoms with Crippen LogP contribution in [0.1, 0.15) is 48.4 Å². The highest BCUT2D eigenvalue weighted by molar-refractivity contribution is 5.93. The van der Waals surface area contributed by atoms with E-state index in [-0.39, 0.29) is 18.3 Å². The molecule has 0 spiro atoms. The van der Waals surface area contributed by atoms with Crippen LogP contribution in [0.25, 0.3) is 0 Å². The Morgan fingerprint density at radius 3 is 2.65 bits per heavy atom. The Labute approximate surface area is 135 Å². The summed E-state index contributed by atoms with van der Waals surface area (Å²) in [6.45, 7) is 0.284. The van der Waals surface area contributed by atoms with E-state index in [1.165, 1.54) is 6.42 Å². The van der Waals surface area contributed by atoms with Crippen molar-refractivity contribution in [3.63, 3.8) is 0 Å². The van der Waals surface area contributed by atoms with Crippen molar-refractivity contribution in [2.45, 2.75) is 38.7 Å². The first-order valence-electron chi connectivity index (χ1n) is 7.93. The van der Waals surface area contributed by atoms with Crippen LogP contribution >= 0.6 is 0 Å². The molecule has 23 heavy (non-hydrogen) atoms. The molecule has 1 heterocycles. The third kappa shape index (κ3) is 4.45. The number of amides is 1. The second kappa shape index (κ2) is 7.63. The van der Waals surface area contributed by atoms with E-state index in [9.17, 15) is 4.79 Å². The second-order valence-electron chi connectivity index (χ2n) is 5.55. The zero-order valence-electron chi connectivity index (χ0n) is 13.0. The van der Waals surface area contributed by atoms with Crippen molar-refractivity contribution >= 4 is 11.6 Å². The summed E-state index contributed by atoms with van der Waals surface area (Å²) in [5.41, 5.74) is 3.63. The predicted molar refractivity (Wildman–Crippen MR) is 87.5 cm³/mol. The lowest BCUT2D eigenvalue weighted by Crippen LogP contribution is -2.20. The Bertz CT molecular complexity index is 669. The molecule has 5 heteroatoms. The fourth-order valence-corrected chi connectivity index (χ4v) is 2.51. The third-order valence-electron chi connectivity index (χ3n) is 3.76. The maximum Gasteiger partial charge on any atom is 0.307 e. The number of benzene rings is 1. The summed E-state index contributed by atoms with van der Waals surface area (Å²) in [6, 6.07) is 12.9. The molecule has 1 aliphatic carbocycles. The lowest BCUT2D eigenvalue weighted by molar-refractivity contribution is 0.0923. The molecule has 0 saturated heterocycles. The monoisotopic (exact) mass is 312 g/mol. The Morgan fingerprint density at radius 1 is 1.09 bits per heavy atom. The van der Waals surface area contributed by atoms with Gasteiger partial charge in [-0.3, -0.25) is 4.79 Å². The topological polar surface area (TPSA) is 63.8 Å². The SMILES string of the molecule is O=C(NN=C1CCCCC1)c1ccc(COc2ccccc2)o1. The molecule has 0 bridgehead atoms. The Kier molecular flexibility index (Phi) is 5.09. The van der Waals surface area contributed by atoms with Crippen LogP contribution in [0.4, 0.5) is 0 Å². The lowest BCUT2D eigenvalue weighted by Gasteiger charge is -2.11. The number of carbonyl (C=O) groups excluding carboxylic acids is 1. The molecule has 1 aromatic carbocycles. The highest BCUT2D eigenvalue weighted by Gasteiger charge is 2.12. The molecule has 1 fully saturated rings. The number of furan rings is 1. The zero-order valence-corrected chi connectivity index (χ0v) is 13.0. The van der Waals surface area contributed by atoms with Crippen LogP contribution in [-0.2, 0) is 6.61 Å². The molecule has 120 valence electrons. The van der Waals surface area contributed by atoms with Crippen LogP contribution in [0.5, 0.6) is 5.75 Å². The van der Waals surface area contributed by atoms with Gasteiger partial charge < -0.3 is 9.15 Å². The van der Waals surface area contributed by atoms with E-state index < -0.39 is 0 Å². The van der Waals surface area contributed by atoms with E-state index in [0.717, 1.165) is 37.1 Å². The standard InChI is InChI=1S/C18H20N2O3/c21-18(20-19-14-7-3-1-4-8-14)17-12-11-16(23-17)13-22-15-9-5-2-6-10-15/h2,5-6,9-12H,1,3-4,7-8,13H2,(H,20,21). The first-order chi connectivity index (χ1) is 11.3. The van der Waals surface area contributed by atoms with Crippen molar-refractivity contribution in [3.8, 4) is 5.75 Å². The molecule has 5 nitrogen and oxygen atoms in total. The highest BCUT2D eigenvalue weighted by atomic mass is 16.5. The average Bonchev–Trinajstić information content (AvgIpc) is 3.09. The van der Waals surface area contributed by atoms with E-state index in [1.807, 2.05) is 30.3 Å². The zero-order chi connectivity index (χ0) is 15.9. The smallest absolute Gasteiger partial charge is 0.307 e. The van der Waals surface area contributed by atoms with Gasteiger partial charge >= 0.3 is 5.91 Å². The molecule has 1 N–H and O–H groups in total. The maximum atomic E-state index is 12.0. The second-order valence-corrected chi connectivity index (χ2v) is 5.55. The molecule has 0 radical (unpaired) electrons. The van der Waals surface area contributed by atoms with E-state index in [0.29, 0.717) is 5.76 Å². The summed E-state index contributed by atoms with van der Waals surface area (Å²) in [6.07, 6.45) is 5.48. The third-order valence-corrected chi connectivity index (χ3v) is 3.76. The number of nitrogens with zero attached hydrogens (tertiary/aromatic N) is 1. The molecule has 0 unspecified atom stereocenters. The minimum absolute atomic E-state index is 0.247. The van der Waals surface area contributed by atoms with Crippen molar-refractivity contribution in [3.05, 3.63) is 54.0 Å². The van der Waals surface area contributed by atoms with Gasteiger partial charge in [0.05, 0.1) is 0 Å². The maximum absolute atomic E-state index is 12.0. The van der Waals surface area contributed by atoms with Crippen LogP contribution in [0.3, 0.4) is 0 Å². The number of hydrazone groups is 1. The molecular formula is C18H20N2O3. The van der Waals surface area contributed by atoms with Gasteiger partial charge in [-0.2, -0.15) is 5.10 Å². The van der Waals surface area contributed by atoms with Crippen LogP contribution < -0.4 is 10.2 Å². The number of ether oxygens (including phenoxy) is 1. The van der Waals surface area contributed by atoms with E-state index in [4.69, 9.17) is 9.15 Å². The van der Waals surface area contributed by atoms with Crippen LogP contribution in [0, 0.1) is 0 Å². The van der Waals surface area contributed by atoms with Gasteiger partial charge in [0.15, 0.2) is 5.76 Å². The fraction of sp³-hybridized carbons (Fsp3) is 0.333. The van der Waals surface area contributed by atoms with Crippen LogP contribution in [-0.4, -0.2) is 11.6 Å². The molecular weight excluding hydrogens is 292 g/mol. The number of hydrogen-bond acceptors (Lipinski definition) is 4. The molecule has 1 aromatic heterocycles. The summed E-state index contributed by atoms with van der Waals surface area (Å²) in [5, 5.41) is 4.19. The van der Waals surface area contributed by atoms with Crippen molar-refractivity contribution in [2.75, 3.05) is 0 Å². The van der Waals surface area contributed by atoms with Gasteiger partial charge in [-0.25, -0.2) is 5.43 Å². The van der Waals surface area contributed by atoms with Gasteiger partial charge in [-0.15, -0.1) is 0 Å². The predicted octanol–water partition coefficient (Wildman–Crippen LogP) is 3.91. The van der Waals surface area contributed by atoms with Gasteiger partial charge in [-0.1, -0.05) is 24.6 Å². The summed E-state index contributed by atoms with van der Waals surface area (Å²) in [5.74, 6) is 1.29. The minimum Gasteiger partial charge on any atom is -0.486 e. The van der Waals surface area contributed by atoms with Gasteiger partial charge in [0.2, 0.25) is 0 Å². The van der Waals surface area contributed by atoms with Crippen LogP contribution in [0.15, 0.2) is 52.0 Å². The summed E-state index contributed by atoms with van der Waals surface area (Å²) in [4.78, 5) is 12.0. The number of carbonyl (C=O) groups is 1. The molecule has 2 aromatic rings. The number of para-hydroxylation sites is 1. The Balaban J connectivity index is 1.52. The molecule has 0 aliphatic heterocycles. The van der Waals surface area contributed by atoms with Gasteiger partial charge in [-0.05, 0) is 49.9 Å². The fourth-order valence-electron chi connectivity index (χ4n) is 2.51. The van der Waals surface area contributed by atoms with Crippen molar-refractivity contribution in [2.24, 2.45) is 5.10 Å². The van der Waals surface area contributed by atoms with Crippen LogP contribution in [0.2, 0.25) is 0 Å². The molecule has 1 saturated carbocycles. The van der Waals surface area contributed by atoms with Crippen molar-refractivity contribution in [1.29, 1.82) is 0 Å². The van der Waals surface area contributed by atoms with Crippen molar-refractivity contribution in [1.82, 2.24) is 5.43 Å². The Hall–Kier alpha value is -2.56. The molecule has 1 amide bonds. The summed E-state index contributed by atoms with van der Waals surface area (Å²) >= 11 is 0. The average molecular weight is 312 g/mol. The number of hydrogen-bond donors (Lipinski definition) is 1. The quantitative estimate of drug-likeness (QED) is 0.851. The molecule has 1 aliphatic rings. The minimum atomic E-state index is -0.325.